The second kappa shape index (κ2) is 9.71. The van der Waals surface area contributed by atoms with Gasteiger partial charge in [-0.2, -0.15) is 0 Å². The molecule has 27 heavy (non-hydrogen) atoms. The molecule has 0 heterocycles. The number of para-hydroxylation sites is 1. The van der Waals surface area contributed by atoms with E-state index < -0.39 is 0 Å². The minimum absolute atomic E-state index is 0.241. The van der Waals surface area contributed by atoms with Crippen LogP contribution in [0.5, 0.6) is 23.0 Å². The van der Waals surface area contributed by atoms with Gasteiger partial charge in [-0.05, 0) is 29.7 Å². The molecule has 0 aromatic heterocycles. The predicted octanol–water partition coefficient (Wildman–Crippen LogP) is 3.64. The topological polar surface area (TPSA) is 66.0 Å². The SMILES string of the molecule is COc1cc(C(=O)NCCOc2ccccc2C(C)C)cc(OC)c1OC. The van der Waals surface area contributed by atoms with E-state index in [2.05, 4.69) is 25.2 Å². The summed E-state index contributed by atoms with van der Waals surface area (Å²) < 4.78 is 21.7. The van der Waals surface area contributed by atoms with Gasteiger partial charge in [-0.3, -0.25) is 4.79 Å². The van der Waals surface area contributed by atoms with E-state index in [1.165, 1.54) is 21.3 Å². The average molecular weight is 373 g/mol. The van der Waals surface area contributed by atoms with Gasteiger partial charge in [0, 0.05) is 5.56 Å². The Morgan fingerprint density at radius 2 is 1.59 bits per heavy atom. The Hall–Kier alpha value is -2.89. The highest BCUT2D eigenvalue weighted by atomic mass is 16.5. The van der Waals surface area contributed by atoms with Crippen LogP contribution in [0.25, 0.3) is 0 Å². The molecule has 6 heteroatoms. The molecule has 2 aromatic carbocycles. The molecule has 1 N–H and O–H groups in total. The summed E-state index contributed by atoms with van der Waals surface area (Å²) in [7, 11) is 4.55. The van der Waals surface area contributed by atoms with Crippen molar-refractivity contribution in [1.29, 1.82) is 0 Å². The molecule has 0 unspecified atom stereocenters. The largest absolute Gasteiger partial charge is 0.493 e. The van der Waals surface area contributed by atoms with E-state index in [4.69, 9.17) is 18.9 Å². The lowest BCUT2D eigenvalue weighted by Gasteiger charge is -2.15. The summed E-state index contributed by atoms with van der Waals surface area (Å²) >= 11 is 0. The Labute approximate surface area is 160 Å². The first-order valence-corrected chi connectivity index (χ1v) is 8.81. The van der Waals surface area contributed by atoms with Crippen molar-refractivity contribution >= 4 is 5.91 Å². The summed E-state index contributed by atoms with van der Waals surface area (Å²) in [5, 5.41) is 2.84. The summed E-state index contributed by atoms with van der Waals surface area (Å²) in [6.07, 6.45) is 0. The van der Waals surface area contributed by atoms with E-state index in [1.807, 2.05) is 18.2 Å². The van der Waals surface area contributed by atoms with Crippen LogP contribution in [0, 0.1) is 0 Å². The molecule has 0 bridgehead atoms. The number of carbonyl (C=O) groups is 1. The number of rotatable bonds is 9. The summed E-state index contributed by atoms with van der Waals surface area (Å²) in [6, 6.07) is 11.2. The third-order valence-corrected chi connectivity index (χ3v) is 4.11. The molecule has 0 fully saturated rings. The van der Waals surface area contributed by atoms with Crippen molar-refractivity contribution in [3.63, 3.8) is 0 Å². The highest BCUT2D eigenvalue weighted by Gasteiger charge is 2.16. The zero-order valence-electron chi connectivity index (χ0n) is 16.5. The number of amides is 1. The third-order valence-electron chi connectivity index (χ3n) is 4.11. The lowest BCUT2D eigenvalue weighted by Crippen LogP contribution is -2.28. The molecule has 0 aliphatic rings. The standard InChI is InChI=1S/C21H27NO5/c1-14(2)16-8-6-7-9-17(16)27-11-10-22-21(23)15-12-18(24-3)20(26-5)19(13-15)25-4/h6-9,12-14H,10-11H2,1-5H3,(H,22,23). The zero-order chi connectivity index (χ0) is 19.8. The van der Waals surface area contributed by atoms with Gasteiger partial charge in [0.05, 0.1) is 27.9 Å². The molecule has 0 radical (unpaired) electrons. The molecular weight excluding hydrogens is 346 g/mol. The van der Waals surface area contributed by atoms with Gasteiger partial charge in [-0.1, -0.05) is 32.0 Å². The minimum Gasteiger partial charge on any atom is -0.493 e. The number of ether oxygens (including phenoxy) is 4. The third kappa shape index (κ3) is 5.06. The van der Waals surface area contributed by atoms with Crippen LogP contribution >= 0.6 is 0 Å². The van der Waals surface area contributed by atoms with Gasteiger partial charge in [-0.25, -0.2) is 0 Å². The van der Waals surface area contributed by atoms with Crippen molar-refractivity contribution in [2.24, 2.45) is 0 Å². The lowest BCUT2D eigenvalue weighted by molar-refractivity contribution is 0.0946. The maximum absolute atomic E-state index is 12.4. The number of benzene rings is 2. The van der Waals surface area contributed by atoms with Gasteiger partial charge in [0.1, 0.15) is 12.4 Å². The molecule has 0 atom stereocenters. The first-order chi connectivity index (χ1) is 13.0. The van der Waals surface area contributed by atoms with E-state index >= 15 is 0 Å². The highest BCUT2D eigenvalue weighted by Crippen LogP contribution is 2.38. The molecule has 0 aliphatic heterocycles. The number of hydrogen-bond acceptors (Lipinski definition) is 5. The second-order valence-electron chi connectivity index (χ2n) is 6.21. The Morgan fingerprint density at radius 3 is 2.15 bits per heavy atom. The van der Waals surface area contributed by atoms with Crippen molar-refractivity contribution in [2.75, 3.05) is 34.5 Å². The first-order valence-electron chi connectivity index (χ1n) is 8.81. The van der Waals surface area contributed by atoms with Crippen molar-refractivity contribution in [1.82, 2.24) is 5.32 Å². The summed E-state index contributed by atoms with van der Waals surface area (Å²) in [5.74, 6) is 2.29. The summed E-state index contributed by atoms with van der Waals surface area (Å²) in [6.45, 7) is 4.99. The van der Waals surface area contributed by atoms with Crippen molar-refractivity contribution in [2.45, 2.75) is 19.8 Å². The van der Waals surface area contributed by atoms with Crippen LogP contribution in [0.1, 0.15) is 35.7 Å². The van der Waals surface area contributed by atoms with Gasteiger partial charge in [0.15, 0.2) is 11.5 Å². The van der Waals surface area contributed by atoms with Crippen LogP contribution in [0.15, 0.2) is 36.4 Å². The maximum atomic E-state index is 12.4. The normalized spacial score (nSPS) is 10.4. The van der Waals surface area contributed by atoms with Crippen LogP contribution in [0.4, 0.5) is 0 Å². The van der Waals surface area contributed by atoms with Crippen molar-refractivity contribution < 1.29 is 23.7 Å². The smallest absolute Gasteiger partial charge is 0.251 e. The fourth-order valence-corrected chi connectivity index (χ4v) is 2.73. The number of nitrogens with one attached hydrogen (secondary N) is 1. The second-order valence-corrected chi connectivity index (χ2v) is 6.21. The molecule has 0 saturated heterocycles. The van der Waals surface area contributed by atoms with Crippen LogP contribution in [-0.2, 0) is 0 Å². The van der Waals surface area contributed by atoms with Crippen LogP contribution < -0.4 is 24.3 Å². The predicted molar refractivity (Wildman–Crippen MR) is 104 cm³/mol. The minimum atomic E-state index is -0.241. The maximum Gasteiger partial charge on any atom is 0.251 e. The summed E-state index contributed by atoms with van der Waals surface area (Å²) in [5.41, 5.74) is 1.57. The molecule has 146 valence electrons. The highest BCUT2D eigenvalue weighted by molar-refractivity contribution is 5.95. The Bertz CT molecular complexity index is 748. The van der Waals surface area contributed by atoms with Gasteiger partial charge in [-0.15, -0.1) is 0 Å². The number of hydrogen-bond donors (Lipinski definition) is 1. The molecule has 0 spiro atoms. The molecule has 6 nitrogen and oxygen atoms in total. The number of carbonyl (C=O) groups excluding carboxylic acids is 1. The summed E-state index contributed by atoms with van der Waals surface area (Å²) in [4.78, 5) is 12.4. The van der Waals surface area contributed by atoms with E-state index in [1.54, 1.807) is 12.1 Å². The van der Waals surface area contributed by atoms with Gasteiger partial charge < -0.3 is 24.3 Å². The van der Waals surface area contributed by atoms with E-state index in [9.17, 15) is 4.79 Å². The molecule has 2 aromatic rings. The lowest BCUT2D eigenvalue weighted by atomic mass is 10.0. The van der Waals surface area contributed by atoms with E-state index in [0.717, 1.165) is 11.3 Å². The molecular formula is C21H27NO5. The van der Waals surface area contributed by atoms with Gasteiger partial charge >= 0.3 is 0 Å². The monoisotopic (exact) mass is 373 g/mol. The van der Waals surface area contributed by atoms with Crippen LogP contribution in [0.2, 0.25) is 0 Å². The van der Waals surface area contributed by atoms with Crippen molar-refractivity contribution in [3.05, 3.63) is 47.5 Å². The molecule has 1 amide bonds. The van der Waals surface area contributed by atoms with Gasteiger partial charge in [0.25, 0.3) is 5.91 Å². The Kier molecular flexibility index (Phi) is 7.34. The number of methoxy groups -OCH3 is 3. The van der Waals surface area contributed by atoms with Crippen LogP contribution in [-0.4, -0.2) is 40.4 Å². The molecule has 2 rings (SSSR count). The average Bonchev–Trinajstić information content (AvgIpc) is 2.69. The quantitative estimate of drug-likeness (QED) is 0.680. The van der Waals surface area contributed by atoms with Crippen LogP contribution in [0.3, 0.4) is 0 Å². The van der Waals surface area contributed by atoms with Crippen molar-refractivity contribution in [3.8, 4) is 23.0 Å². The Balaban J connectivity index is 1.98. The Morgan fingerprint density at radius 1 is 0.963 bits per heavy atom. The fourth-order valence-electron chi connectivity index (χ4n) is 2.73. The molecule has 0 aliphatic carbocycles. The van der Waals surface area contributed by atoms with E-state index in [0.29, 0.717) is 41.9 Å². The fraction of sp³-hybridized carbons (Fsp3) is 0.381. The molecule has 0 saturated carbocycles. The first kappa shape index (κ1) is 20.4. The van der Waals surface area contributed by atoms with E-state index in [-0.39, 0.29) is 5.91 Å². The zero-order valence-corrected chi connectivity index (χ0v) is 16.5. The van der Waals surface area contributed by atoms with Gasteiger partial charge in [0.2, 0.25) is 5.75 Å².